The van der Waals surface area contributed by atoms with Crippen LogP contribution in [-0.2, 0) is 16.0 Å². The summed E-state index contributed by atoms with van der Waals surface area (Å²) < 4.78 is 10.4. The first-order chi connectivity index (χ1) is 12.9. The number of oxazole rings is 1. The average Bonchev–Trinajstić information content (AvgIpc) is 3.12. The van der Waals surface area contributed by atoms with Crippen molar-refractivity contribution in [3.8, 4) is 0 Å². The summed E-state index contributed by atoms with van der Waals surface area (Å²) in [5.41, 5.74) is 7.04. The highest BCUT2D eigenvalue weighted by Gasteiger charge is 2.25. The Kier molecular flexibility index (Phi) is 7.55. The first-order valence-corrected chi connectivity index (χ1v) is 9.13. The number of ether oxygens (including phenoxy) is 1. The zero-order valence-corrected chi connectivity index (χ0v) is 16.0. The van der Waals surface area contributed by atoms with Gasteiger partial charge in [0.1, 0.15) is 12.3 Å². The molecule has 27 heavy (non-hydrogen) atoms. The van der Waals surface area contributed by atoms with Gasteiger partial charge < -0.3 is 20.2 Å². The molecule has 146 valence electrons. The van der Waals surface area contributed by atoms with E-state index in [2.05, 4.69) is 10.3 Å². The van der Waals surface area contributed by atoms with E-state index in [1.807, 2.05) is 44.2 Å². The van der Waals surface area contributed by atoms with Gasteiger partial charge in [-0.2, -0.15) is 0 Å². The lowest BCUT2D eigenvalue weighted by atomic mass is 10.0. The van der Waals surface area contributed by atoms with Crippen LogP contribution in [0.25, 0.3) is 0 Å². The van der Waals surface area contributed by atoms with Crippen molar-refractivity contribution in [1.29, 1.82) is 0 Å². The monoisotopic (exact) mass is 373 g/mol. The Hall–Kier alpha value is -2.67. The van der Waals surface area contributed by atoms with Crippen LogP contribution in [0.5, 0.6) is 0 Å². The molecule has 7 nitrogen and oxygen atoms in total. The Morgan fingerprint density at radius 2 is 1.96 bits per heavy atom. The predicted octanol–water partition coefficient (Wildman–Crippen LogP) is 2.62. The summed E-state index contributed by atoms with van der Waals surface area (Å²) in [4.78, 5) is 29.0. The number of hydrogen-bond donors (Lipinski definition) is 2. The molecular formula is C20H27N3O4. The van der Waals surface area contributed by atoms with Gasteiger partial charge in [-0.15, -0.1) is 0 Å². The topological polar surface area (TPSA) is 107 Å². The number of esters is 1. The maximum atomic E-state index is 12.5. The largest absolute Gasteiger partial charge is 0.464 e. The number of amides is 1. The summed E-state index contributed by atoms with van der Waals surface area (Å²) in [7, 11) is 0. The lowest BCUT2D eigenvalue weighted by Crippen LogP contribution is -2.43. The van der Waals surface area contributed by atoms with Crippen molar-refractivity contribution in [3.63, 3.8) is 0 Å². The van der Waals surface area contributed by atoms with E-state index in [0.29, 0.717) is 24.7 Å². The molecule has 2 atom stereocenters. The molecule has 1 aromatic heterocycles. The molecule has 2 aromatic rings. The summed E-state index contributed by atoms with van der Waals surface area (Å²) >= 11 is 0. The minimum atomic E-state index is -0.815. The highest BCUT2D eigenvalue weighted by atomic mass is 16.5. The number of carbonyl (C=O) groups excluding carboxylic acids is 2. The third kappa shape index (κ3) is 6.21. The van der Waals surface area contributed by atoms with Crippen molar-refractivity contribution >= 4 is 11.9 Å². The normalized spacial score (nSPS) is 13.2. The first kappa shape index (κ1) is 20.6. The molecule has 3 N–H and O–H groups in total. The lowest BCUT2D eigenvalue weighted by Gasteiger charge is -2.16. The van der Waals surface area contributed by atoms with Gasteiger partial charge in [0.25, 0.3) is 5.91 Å². The smallest absolute Gasteiger partial charge is 0.328 e. The molecule has 2 rings (SSSR count). The van der Waals surface area contributed by atoms with Gasteiger partial charge in [-0.3, -0.25) is 4.79 Å². The zero-order chi connectivity index (χ0) is 19.8. The highest BCUT2D eigenvalue weighted by Crippen LogP contribution is 2.18. The van der Waals surface area contributed by atoms with Crippen LogP contribution in [0.15, 0.2) is 41.0 Å². The standard InChI is InChI=1S/C20H27N3O4/c1-4-26-20(25)16(11-14-8-6-5-7-9-14)22-18(24)17-12-27-19(23-17)15(21)10-13(2)3/h5-9,12-13,15-16H,4,10-11,21H2,1-3H3,(H,22,24). The summed E-state index contributed by atoms with van der Waals surface area (Å²) in [5, 5.41) is 2.68. The third-order valence-electron chi connectivity index (χ3n) is 3.96. The van der Waals surface area contributed by atoms with E-state index < -0.39 is 17.9 Å². The predicted molar refractivity (Wildman–Crippen MR) is 101 cm³/mol. The second-order valence-electron chi connectivity index (χ2n) is 6.77. The molecule has 0 aliphatic heterocycles. The Balaban J connectivity index is 2.08. The number of nitrogens with zero attached hydrogens (tertiary/aromatic N) is 1. The number of aromatic nitrogens is 1. The quantitative estimate of drug-likeness (QED) is 0.654. The number of hydrogen-bond acceptors (Lipinski definition) is 6. The Labute approximate surface area is 159 Å². The molecule has 2 unspecified atom stereocenters. The van der Waals surface area contributed by atoms with Crippen LogP contribution in [-0.4, -0.2) is 29.5 Å². The fourth-order valence-corrected chi connectivity index (χ4v) is 2.69. The molecule has 1 amide bonds. The Bertz CT molecular complexity index is 743. The number of benzene rings is 1. The second kappa shape index (κ2) is 9.87. The van der Waals surface area contributed by atoms with Crippen molar-refractivity contribution in [2.75, 3.05) is 6.61 Å². The molecule has 0 saturated carbocycles. The number of nitrogens with one attached hydrogen (secondary N) is 1. The number of rotatable bonds is 9. The van der Waals surface area contributed by atoms with E-state index in [4.69, 9.17) is 14.9 Å². The lowest BCUT2D eigenvalue weighted by molar-refractivity contribution is -0.145. The molecule has 0 radical (unpaired) electrons. The molecule has 0 bridgehead atoms. The van der Waals surface area contributed by atoms with Gasteiger partial charge >= 0.3 is 5.97 Å². The van der Waals surface area contributed by atoms with Crippen molar-refractivity contribution in [2.24, 2.45) is 11.7 Å². The van der Waals surface area contributed by atoms with Crippen LogP contribution in [0.4, 0.5) is 0 Å². The molecule has 7 heteroatoms. The van der Waals surface area contributed by atoms with E-state index in [-0.39, 0.29) is 18.3 Å². The SMILES string of the molecule is CCOC(=O)C(Cc1ccccc1)NC(=O)c1coc(C(N)CC(C)C)n1. The fraction of sp³-hybridized carbons (Fsp3) is 0.450. The van der Waals surface area contributed by atoms with Crippen molar-refractivity contribution < 1.29 is 18.7 Å². The summed E-state index contributed by atoms with van der Waals surface area (Å²) in [6.45, 7) is 6.05. The summed E-state index contributed by atoms with van der Waals surface area (Å²) in [5.74, 6) is -0.307. The van der Waals surface area contributed by atoms with Crippen molar-refractivity contribution in [2.45, 2.75) is 45.7 Å². The van der Waals surface area contributed by atoms with Gasteiger partial charge in [-0.25, -0.2) is 9.78 Å². The van der Waals surface area contributed by atoms with Gasteiger partial charge in [-0.05, 0) is 24.8 Å². The van der Waals surface area contributed by atoms with E-state index in [1.54, 1.807) is 6.92 Å². The minimum Gasteiger partial charge on any atom is -0.464 e. The first-order valence-electron chi connectivity index (χ1n) is 9.13. The maximum Gasteiger partial charge on any atom is 0.328 e. The van der Waals surface area contributed by atoms with E-state index >= 15 is 0 Å². The molecule has 1 heterocycles. The zero-order valence-electron chi connectivity index (χ0n) is 16.0. The van der Waals surface area contributed by atoms with E-state index in [0.717, 1.165) is 5.56 Å². The number of nitrogens with two attached hydrogens (primary N) is 1. The minimum absolute atomic E-state index is 0.0894. The van der Waals surface area contributed by atoms with Crippen molar-refractivity contribution in [3.05, 3.63) is 53.7 Å². The van der Waals surface area contributed by atoms with Crippen LogP contribution in [0.1, 0.15) is 55.2 Å². The van der Waals surface area contributed by atoms with Crippen LogP contribution in [0.3, 0.4) is 0 Å². The fourth-order valence-electron chi connectivity index (χ4n) is 2.69. The maximum absolute atomic E-state index is 12.5. The van der Waals surface area contributed by atoms with Crippen LogP contribution >= 0.6 is 0 Å². The molecule has 0 aliphatic rings. The third-order valence-corrected chi connectivity index (χ3v) is 3.96. The average molecular weight is 373 g/mol. The number of carbonyl (C=O) groups is 2. The summed E-state index contributed by atoms with van der Waals surface area (Å²) in [6.07, 6.45) is 2.28. The Morgan fingerprint density at radius 3 is 2.59 bits per heavy atom. The van der Waals surface area contributed by atoms with Crippen LogP contribution in [0.2, 0.25) is 0 Å². The molecule has 0 spiro atoms. The molecule has 0 saturated heterocycles. The van der Waals surface area contributed by atoms with E-state index in [9.17, 15) is 9.59 Å². The molecule has 0 aliphatic carbocycles. The summed E-state index contributed by atoms with van der Waals surface area (Å²) in [6, 6.07) is 8.22. The van der Waals surface area contributed by atoms with Gasteiger partial charge in [0.15, 0.2) is 5.69 Å². The van der Waals surface area contributed by atoms with Crippen molar-refractivity contribution in [1.82, 2.24) is 10.3 Å². The van der Waals surface area contributed by atoms with Gasteiger partial charge in [0, 0.05) is 6.42 Å². The molecule has 1 aromatic carbocycles. The van der Waals surface area contributed by atoms with Crippen LogP contribution in [0, 0.1) is 5.92 Å². The van der Waals surface area contributed by atoms with E-state index in [1.165, 1.54) is 6.26 Å². The highest BCUT2D eigenvalue weighted by molar-refractivity contribution is 5.95. The second-order valence-corrected chi connectivity index (χ2v) is 6.77. The van der Waals surface area contributed by atoms with Gasteiger partial charge in [0.2, 0.25) is 5.89 Å². The van der Waals surface area contributed by atoms with Gasteiger partial charge in [0.05, 0.1) is 12.6 Å². The molecular weight excluding hydrogens is 346 g/mol. The van der Waals surface area contributed by atoms with Gasteiger partial charge in [-0.1, -0.05) is 44.2 Å². The Morgan fingerprint density at radius 1 is 1.26 bits per heavy atom. The van der Waals surface area contributed by atoms with Crippen LogP contribution < -0.4 is 11.1 Å². The molecule has 0 fully saturated rings.